The smallest absolute Gasteiger partial charge is 0.409 e. The van der Waals surface area contributed by atoms with Crippen LogP contribution in [0.2, 0.25) is 0 Å². The van der Waals surface area contributed by atoms with Gasteiger partial charge in [-0.25, -0.2) is 9.78 Å². The summed E-state index contributed by atoms with van der Waals surface area (Å²) in [6, 6.07) is 7.16. The Morgan fingerprint density at radius 3 is 2.97 bits per heavy atom. The molecular formula is C23H26N4O2. The predicted octanol–water partition coefficient (Wildman–Crippen LogP) is 4.09. The van der Waals surface area contributed by atoms with E-state index in [2.05, 4.69) is 40.4 Å². The number of aromatic amines is 1. The first-order chi connectivity index (χ1) is 14.1. The Morgan fingerprint density at radius 1 is 1.28 bits per heavy atom. The second kappa shape index (κ2) is 7.19. The fraction of sp³-hybridized carbons (Fsp3) is 0.391. The highest BCUT2D eigenvalue weighted by molar-refractivity contribution is 5.84. The quantitative estimate of drug-likeness (QED) is 0.692. The molecule has 1 fully saturated rings. The van der Waals surface area contributed by atoms with Gasteiger partial charge in [-0.1, -0.05) is 0 Å². The van der Waals surface area contributed by atoms with Crippen LogP contribution in [0.1, 0.15) is 41.1 Å². The highest BCUT2D eigenvalue weighted by atomic mass is 16.5. The lowest BCUT2D eigenvalue weighted by molar-refractivity contribution is 0.118. The topological polar surface area (TPSA) is 70.2 Å². The number of fused-ring (bicyclic) bond motifs is 2. The molecule has 1 atom stereocenters. The molecule has 2 aliphatic rings. The zero-order chi connectivity index (χ0) is 20.0. The molecule has 1 unspecified atom stereocenters. The molecule has 2 aromatic heterocycles. The van der Waals surface area contributed by atoms with Crippen molar-refractivity contribution in [3.8, 4) is 11.1 Å². The van der Waals surface area contributed by atoms with Gasteiger partial charge >= 0.3 is 6.09 Å². The van der Waals surface area contributed by atoms with Crippen LogP contribution in [-0.2, 0) is 17.7 Å². The van der Waals surface area contributed by atoms with Crippen molar-refractivity contribution in [3.05, 3.63) is 52.8 Å². The third-order valence-corrected chi connectivity index (χ3v) is 6.31. The average molecular weight is 390 g/mol. The summed E-state index contributed by atoms with van der Waals surface area (Å²) in [5, 5.41) is 4.81. The first-order valence-corrected chi connectivity index (χ1v) is 10.3. The van der Waals surface area contributed by atoms with Gasteiger partial charge in [0.2, 0.25) is 0 Å². The Hall–Kier alpha value is -2.86. The minimum Gasteiger partial charge on any atom is -0.453 e. The summed E-state index contributed by atoms with van der Waals surface area (Å²) in [5.74, 6) is 0. The van der Waals surface area contributed by atoms with Crippen molar-refractivity contribution >= 4 is 17.1 Å². The van der Waals surface area contributed by atoms with Gasteiger partial charge in [0.15, 0.2) is 0 Å². The van der Waals surface area contributed by atoms with E-state index in [1.165, 1.54) is 35.8 Å². The summed E-state index contributed by atoms with van der Waals surface area (Å²) in [6.07, 6.45) is 6.90. The van der Waals surface area contributed by atoms with Gasteiger partial charge in [-0.05, 0) is 78.7 Å². The Labute approximate surface area is 170 Å². The third kappa shape index (κ3) is 3.17. The molecule has 2 N–H and O–H groups in total. The van der Waals surface area contributed by atoms with Gasteiger partial charge < -0.3 is 19.9 Å². The molecule has 0 saturated carbocycles. The van der Waals surface area contributed by atoms with Crippen molar-refractivity contribution in [1.29, 1.82) is 0 Å². The van der Waals surface area contributed by atoms with E-state index in [0.717, 1.165) is 41.5 Å². The molecule has 1 saturated heterocycles. The predicted molar refractivity (Wildman–Crippen MR) is 113 cm³/mol. The number of ether oxygens (including phenoxy) is 1. The molecule has 6 nitrogen and oxygen atoms in total. The number of carbonyl (C=O) groups excluding carboxylic acids is 1. The molecule has 2 aliphatic heterocycles. The van der Waals surface area contributed by atoms with Gasteiger partial charge in [-0.15, -0.1) is 0 Å². The molecule has 150 valence electrons. The van der Waals surface area contributed by atoms with Crippen LogP contribution in [-0.4, -0.2) is 41.2 Å². The van der Waals surface area contributed by atoms with E-state index in [1.807, 2.05) is 12.4 Å². The summed E-state index contributed by atoms with van der Waals surface area (Å²) < 4.78 is 4.96. The Balaban J connectivity index is 1.62. The van der Waals surface area contributed by atoms with Crippen LogP contribution in [0.25, 0.3) is 22.2 Å². The van der Waals surface area contributed by atoms with Gasteiger partial charge in [0.25, 0.3) is 0 Å². The number of hydrogen-bond acceptors (Lipinski definition) is 4. The van der Waals surface area contributed by atoms with Crippen molar-refractivity contribution < 1.29 is 9.53 Å². The lowest BCUT2D eigenvalue weighted by atomic mass is 9.87. The highest BCUT2D eigenvalue weighted by Crippen LogP contribution is 2.36. The first-order valence-electron chi connectivity index (χ1n) is 10.3. The standard InChI is InChI=1S/C23H26N4O2/c1-14-11-25-22-19(14)10-16(12-26-22)15-8-17-13-27(23(28)29-2)7-5-18(17)20(9-15)21-4-3-6-24-21/h8-12,21,24H,3-7,13H2,1-2H3,(H,25,26). The summed E-state index contributed by atoms with van der Waals surface area (Å²) in [5.41, 5.74) is 8.37. The zero-order valence-electron chi connectivity index (χ0n) is 16.9. The molecule has 1 amide bonds. The number of rotatable bonds is 2. The van der Waals surface area contributed by atoms with E-state index in [4.69, 9.17) is 4.74 Å². The summed E-state index contributed by atoms with van der Waals surface area (Å²) in [7, 11) is 1.45. The Morgan fingerprint density at radius 2 is 2.17 bits per heavy atom. The van der Waals surface area contributed by atoms with Gasteiger partial charge in [0, 0.05) is 42.5 Å². The van der Waals surface area contributed by atoms with Crippen molar-refractivity contribution in [2.24, 2.45) is 0 Å². The van der Waals surface area contributed by atoms with Crippen LogP contribution in [0.4, 0.5) is 4.79 Å². The normalized spacial score (nSPS) is 18.8. The maximum atomic E-state index is 12.1. The lowest BCUT2D eigenvalue weighted by Gasteiger charge is -2.31. The third-order valence-electron chi connectivity index (χ3n) is 6.31. The van der Waals surface area contributed by atoms with Crippen LogP contribution < -0.4 is 5.32 Å². The van der Waals surface area contributed by atoms with Crippen LogP contribution in [0.5, 0.6) is 0 Å². The summed E-state index contributed by atoms with van der Waals surface area (Å²) >= 11 is 0. The number of pyridine rings is 1. The lowest BCUT2D eigenvalue weighted by Crippen LogP contribution is -2.36. The van der Waals surface area contributed by atoms with Crippen LogP contribution in [0, 0.1) is 6.92 Å². The number of aromatic nitrogens is 2. The van der Waals surface area contributed by atoms with Gasteiger partial charge in [-0.2, -0.15) is 0 Å². The van der Waals surface area contributed by atoms with Crippen molar-refractivity contribution in [1.82, 2.24) is 20.2 Å². The second-order valence-corrected chi connectivity index (χ2v) is 8.09. The largest absolute Gasteiger partial charge is 0.453 e. The molecule has 0 aliphatic carbocycles. The number of methoxy groups -OCH3 is 1. The number of hydrogen-bond donors (Lipinski definition) is 2. The van der Waals surface area contributed by atoms with E-state index in [9.17, 15) is 4.79 Å². The minimum absolute atomic E-state index is 0.257. The van der Waals surface area contributed by atoms with Crippen LogP contribution >= 0.6 is 0 Å². The molecule has 5 rings (SSSR count). The fourth-order valence-corrected chi connectivity index (χ4v) is 4.74. The van der Waals surface area contributed by atoms with Crippen molar-refractivity contribution in [2.75, 3.05) is 20.2 Å². The van der Waals surface area contributed by atoms with E-state index >= 15 is 0 Å². The van der Waals surface area contributed by atoms with Gasteiger partial charge in [-0.3, -0.25) is 0 Å². The molecule has 4 heterocycles. The minimum atomic E-state index is -0.257. The second-order valence-electron chi connectivity index (χ2n) is 8.09. The molecule has 29 heavy (non-hydrogen) atoms. The number of H-pyrrole nitrogens is 1. The fourth-order valence-electron chi connectivity index (χ4n) is 4.74. The van der Waals surface area contributed by atoms with Crippen LogP contribution in [0.15, 0.2) is 30.6 Å². The number of amides is 1. The van der Waals surface area contributed by atoms with Crippen molar-refractivity contribution in [2.45, 2.75) is 38.8 Å². The Kier molecular flexibility index (Phi) is 4.51. The monoisotopic (exact) mass is 390 g/mol. The number of nitrogens with one attached hydrogen (secondary N) is 2. The summed E-state index contributed by atoms with van der Waals surface area (Å²) in [4.78, 5) is 21.7. The molecular weight excluding hydrogens is 364 g/mol. The maximum absolute atomic E-state index is 12.1. The molecule has 6 heteroatoms. The molecule has 0 bridgehead atoms. The van der Waals surface area contributed by atoms with Crippen molar-refractivity contribution in [3.63, 3.8) is 0 Å². The van der Waals surface area contributed by atoms with Crippen LogP contribution in [0.3, 0.4) is 0 Å². The molecule has 0 spiro atoms. The number of carbonyl (C=O) groups is 1. The van der Waals surface area contributed by atoms with Gasteiger partial charge in [0.05, 0.1) is 7.11 Å². The van der Waals surface area contributed by atoms with E-state index in [1.54, 1.807) is 4.90 Å². The maximum Gasteiger partial charge on any atom is 0.409 e. The number of nitrogens with zero attached hydrogens (tertiary/aromatic N) is 2. The van der Waals surface area contributed by atoms with E-state index < -0.39 is 0 Å². The number of aryl methyl sites for hydroxylation is 1. The highest BCUT2D eigenvalue weighted by Gasteiger charge is 2.27. The summed E-state index contributed by atoms with van der Waals surface area (Å²) in [6.45, 7) is 4.45. The Bertz CT molecular complexity index is 1080. The van der Waals surface area contributed by atoms with Gasteiger partial charge in [0.1, 0.15) is 5.65 Å². The van der Waals surface area contributed by atoms with E-state index in [0.29, 0.717) is 19.1 Å². The zero-order valence-corrected chi connectivity index (χ0v) is 16.9. The molecule has 1 aromatic carbocycles. The molecule has 0 radical (unpaired) electrons. The SMILES string of the molecule is COC(=O)N1CCc2c(cc(-c3cnc4[nH]cc(C)c4c3)cc2C2CCCN2)C1. The average Bonchev–Trinajstić information content (AvgIpc) is 3.42. The van der Waals surface area contributed by atoms with E-state index in [-0.39, 0.29) is 6.09 Å². The number of benzene rings is 1. The molecule has 3 aromatic rings. The first kappa shape index (κ1) is 18.2.